The number of ether oxygens (including phenoxy) is 1. The van der Waals surface area contributed by atoms with Gasteiger partial charge < -0.3 is 10.5 Å². The van der Waals surface area contributed by atoms with Gasteiger partial charge in [-0.25, -0.2) is 9.78 Å². The molecule has 0 bridgehead atoms. The SMILES string of the molecule is CC1OC(=O)c2ccc(N)nc2C12CC2. The summed E-state index contributed by atoms with van der Waals surface area (Å²) in [7, 11) is 0. The summed E-state index contributed by atoms with van der Waals surface area (Å²) < 4.78 is 5.31. The van der Waals surface area contributed by atoms with E-state index in [2.05, 4.69) is 4.98 Å². The van der Waals surface area contributed by atoms with Gasteiger partial charge in [0.25, 0.3) is 0 Å². The monoisotopic (exact) mass is 204 g/mol. The van der Waals surface area contributed by atoms with Crippen LogP contribution in [0.15, 0.2) is 12.1 Å². The molecule has 0 aromatic carbocycles. The second-order valence-electron chi connectivity index (χ2n) is 4.34. The molecular weight excluding hydrogens is 192 g/mol. The van der Waals surface area contributed by atoms with Gasteiger partial charge in [-0.2, -0.15) is 0 Å². The molecule has 2 N–H and O–H groups in total. The molecule has 4 heteroatoms. The zero-order chi connectivity index (χ0) is 10.6. The number of hydrogen-bond donors (Lipinski definition) is 1. The Labute approximate surface area is 87.4 Å². The van der Waals surface area contributed by atoms with Crippen LogP contribution in [0.3, 0.4) is 0 Å². The van der Waals surface area contributed by atoms with Crippen molar-refractivity contribution in [2.45, 2.75) is 31.3 Å². The lowest BCUT2D eigenvalue weighted by Gasteiger charge is -2.29. The average molecular weight is 204 g/mol. The summed E-state index contributed by atoms with van der Waals surface area (Å²) in [6.45, 7) is 1.93. The first-order valence-corrected chi connectivity index (χ1v) is 5.11. The fourth-order valence-corrected chi connectivity index (χ4v) is 2.33. The van der Waals surface area contributed by atoms with Gasteiger partial charge >= 0.3 is 5.97 Å². The summed E-state index contributed by atoms with van der Waals surface area (Å²) in [5, 5.41) is 0. The largest absolute Gasteiger partial charge is 0.458 e. The van der Waals surface area contributed by atoms with Crippen molar-refractivity contribution in [3.63, 3.8) is 0 Å². The van der Waals surface area contributed by atoms with Crippen LogP contribution in [0, 0.1) is 0 Å². The van der Waals surface area contributed by atoms with Crippen molar-refractivity contribution >= 4 is 11.8 Å². The Morgan fingerprint density at radius 3 is 2.93 bits per heavy atom. The van der Waals surface area contributed by atoms with Crippen molar-refractivity contribution in [2.75, 3.05) is 5.73 Å². The van der Waals surface area contributed by atoms with Gasteiger partial charge in [-0.05, 0) is 31.9 Å². The number of rotatable bonds is 0. The average Bonchev–Trinajstić information content (AvgIpc) is 2.96. The minimum atomic E-state index is -0.275. The number of fused-ring (bicyclic) bond motifs is 2. The molecule has 0 saturated heterocycles. The Kier molecular flexibility index (Phi) is 1.45. The molecule has 2 heterocycles. The van der Waals surface area contributed by atoms with Gasteiger partial charge in [0.2, 0.25) is 0 Å². The lowest BCUT2D eigenvalue weighted by atomic mass is 9.89. The van der Waals surface area contributed by atoms with E-state index in [-0.39, 0.29) is 17.5 Å². The summed E-state index contributed by atoms with van der Waals surface area (Å²) in [5.74, 6) is 0.199. The van der Waals surface area contributed by atoms with E-state index in [4.69, 9.17) is 10.5 Å². The van der Waals surface area contributed by atoms with Crippen LogP contribution in [0.4, 0.5) is 5.82 Å². The number of carbonyl (C=O) groups is 1. The lowest BCUT2D eigenvalue weighted by Crippen LogP contribution is -2.36. The first-order valence-electron chi connectivity index (χ1n) is 5.11. The zero-order valence-electron chi connectivity index (χ0n) is 8.49. The van der Waals surface area contributed by atoms with Crippen molar-refractivity contribution in [3.8, 4) is 0 Å². The minimum absolute atomic E-state index is 0.0430. The normalized spacial score (nSPS) is 25.9. The van der Waals surface area contributed by atoms with Gasteiger partial charge in [0, 0.05) is 0 Å². The standard InChI is InChI=1S/C11H12N2O2/c1-6-11(4-5-11)9-7(10(14)15-6)2-3-8(12)13-9/h2-3,6H,4-5H2,1H3,(H2,12,13). The fraction of sp³-hybridized carbons (Fsp3) is 0.455. The molecule has 0 amide bonds. The van der Waals surface area contributed by atoms with E-state index in [1.54, 1.807) is 12.1 Å². The van der Waals surface area contributed by atoms with E-state index in [0.717, 1.165) is 18.5 Å². The highest BCUT2D eigenvalue weighted by Crippen LogP contribution is 2.54. The van der Waals surface area contributed by atoms with Crippen LogP contribution in [-0.2, 0) is 10.2 Å². The highest BCUT2D eigenvalue weighted by molar-refractivity contribution is 5.93. The van der Waals surface area contributed by atoms with Crippen LogP contribution < -0.4 is 5.73 Å². The molecule has 2 aliphatic rings. The molecule has 1 aromatic heterocycles. The van der Waals surface area contributed by atoms with E-state index in [1.807, 2.05) is 6.92 Å². The van der Waals surface area contributed by atoms with Crippen LogP contribution in [0.5, 0.6) is 0 Å². The Hall–Kier alpha value is -1.58. The maximum atomic E-state index is 11.6. The summed E-state index contributed by atoms with van der Waals surface area (Å²) in [5.41, 5.74) is 7.04. The number of nitrogens with two attached hydrogens (primary N) is 1. The second-order valence-corrected chi connectivity index (χ2v) is 4.34. The predicted octanol–water partition coefficient (Wildman–Crippen LogP) is 1.25. The zero-order valence-corrected chi connectivity index (χ0v) is 8.49. The second kappa shape index (κ2) is 2.51. The van der Waals surface area contributed by atoms with E-state index in [0.29, 0.717) is 11.4 Å². The van der Waals surface area contributed by atoms with E-state index in [1.165, 1.54) is 0 Å². The van der Waals surface area contributed by atoms with Crippen LogP contribution in [0.1, 0.15) is 35.8 Å². The third-order valence-corrected chi connectivity index (χ3v) is 3.46. The summed E-state index contributed by atoms with van der Waals surface area (Å²) in [4.78, 5) is 15.9. The highest BCUT2D eigenvalue weighted by Gasteiger charge is 2.56. The Bertz CT molecular complexity index is 452. The van der Waals surface area contributed by atoms with Gasteiger partial charge in [-0.1, -0.05) is 0 Å². The van der Waals surface area contributed by atoms with Gasteiger partial charge in [0.15, 0.2) is 0 Å². The molecule has 4 nitrogen and oxygen atoms in total. The number of hydrogen-bond acceptors (Lipinski definition) is 4. The number of anilines is 1. The van der Waals surface area contributed by atoms with Gasteiger partial charge in [0.1, 0.15) is 11.9 Å². The summed E-state index contributed by atoms with van der Waals surface area (Å²) in [6.07, 6.45) is 1.99. The molecule has 1 aliphatic carbocycles. The maximum absolute atomic E-state index is 11.6. The molecule has 15 heavy (non-hydrogen) atoms. The number of esters is 1. The topological polar surface area (TPSA) is 65.2 Å². The van der Waals surface area contributed by atoms with Crippen LogP contribution in [0.25, 0.3) is 0 Å². The molecule has 1 fully saturated rings. The highest BCUT2D eigenvalue weighted by atomic mass is 16.5. The van der Waals surface area contributed by atoms with E-state index >= 15 is 0 Å². The van der Waals surface area contributed by atoms with Gasteiger partial charge in [0.05, 0.1) is 16.7 Å². The number of pyridine rings is 1. The van der Waals surface area contributed by atoms with Gasteiger partial charge in [-0.15, -0.1) is 0 Å². The molecule has 0 radical (unpaired) electrons. The number of carbonyl (C=O) groups excluding carboxylic acids is 1. The van der Waals surface area contributed by atoms with Gasteiger partial charge in [-0.3, -0.25) is 0 Å². The molecule has 1 saturated carbocycles. The number of cyclic esters (lactones) is 1. The van der Waals surface area contributed by atoms with Crippen molar-refractivity contribution in [1.29, 1.82) is 0 Å². The van der Waals surface area contributed by atoms with Crippen molar-refractivity contribution in [1.82, 2.24) is 4.98 Å². The quantitative estimate of drug-likeness (QED) is 0.646. The molecule has 1 spiro atoms. The number of nitrogens with zero attached hydrogens (tertiary/aromatic N) is 1. The van der Waals surface area contributed by atoms with Crippen molar-refractivity contribution in [2.24, 2.45) is 0 Å². The fourth-order valence-electron chi connectivity index (χ4n) is 2.33. The molecular formula is C11H12N2O2. The Morgan fingerprint density at radius 2 is 2.27 bits per heavy atom. The smallest absolute Gasteiger partial charge is 0.340 e. The minimum Gasteiger partial charge on any atom is -0.458 e. The van der Waals surface area contributed by atoms with E-state index in [9.17, 15) is 4.79 Å². The summed E-state index contributed by atoms with van der Waals surface area (Å²) >= 11 is 0. The molecule has 1 aromatic rings. The third-order valence-electron chi connectivity index (χ3n) is 3.46. The van der Waals surface area contributed by atoms with E-state index < -0.39 is 0 Å². The first kappa shape index (κ1) is 8.71. The maximum Gasteiger partial charge on any atom is 0.340 e. The molecule has 3 rings (SSSR count). The predicted molar refractivity (Wildman–Crippen MR) is 54.4 cm³/mol. The molecule has 1 unspecified atom stereocenters. The number of nitrogen functional groups attached to an aromatic ring is 1. The lowest BCUT2D eigenvalue weighted by molar-refractivity contribution is 0.0183. The summed E-state index contributed by atoms with van der Waals surface area (Å²) in [6, 6.07) is 3.36. The molecule has 1 atom stereocenters. The van der Waals surface area contributed by atoms with Crippen LogP contribution >= 0.6 is 0 Å². The van der Waals surface area contributed by atoms with Crippen molar-refractivity contribution in [3.05, 3.63) is 23.4 Å². The Morgan fingerprint density at radius 1 is 1.53 bits per heavy atom. The first-order chi connectivity index (χ1) is 7.13. The molecule has 78 valence electrons. The van der Waals surface area contributed by atoms with Crippen LogP contribution in [0.2, 0.25) is 0 Å². The third kappa shape index (κ3) is 1.02. The Balaban J connectivity index is 2.23. The van der Waals surface area contributed by atoms with Crippen molar-refractivity contribution < 1.29 is 9.53 Å². The van der Waals surface area contributed by atoms with Crippen LogP contribution in [-0.4, -0.2) is 17.1 Å². The molecule has 1 aliphatic heterocycles. The number of aromatic nitrogens is 1.